The van der Waals surface area contributed by atoms with Gasteiger partial charge in [0.15, 0.2) is 6.17 Å². The number of benzene rings is 2. The van der Waals surface area contributed by atoms with Gasteiger partial charge in [0, 0.05) is 0 Å². The fraction of sp³-hybridized carbons (Fsp3) is 0.536. The van der Waals surface area contributed by atoms with Gasteiger partial charge in [-0.25, -0.2) is 9.18 Å². The molecule has 3 rings (SSSR count). The van der Waals surface area contributed by atoms with Crippen molar-refractivity contribution in [1.82, 2.24) is 0 Å². The van der Waals surface area contributed by atoms with E-state index < -0.39 is 12.1 Å². The zero-order chi connectivity index (χ0) is 23.6. The summed E-state index contributed by atoms with van der Waals surface area (Å²) in [5.74, 6) is 0.845. The molecule has 180 valence electrons. The molecule has 0 bridgehead atoms. The van der Waals surface area contributed by atoms with Crippen molar-refractivity contribution >= 4 is 21.9 Å². The average molecular weight is 519 g/mol. The molecule has 1 fully saturated rings. The number of alkyl halides is 1. The fourth-order valence-electron chi connectivity index (χ4n) is 4.47. The highest BCUT2D eigenvalue weighted by Gasteiger charge is 2.27. The number of halogens is 2. The molecule has 5 heteroatoms. The Hall–Kier alpha value is -1.88. The topological polar surface area (TPSA) is 35.5 Å². The molecule has 0 aromatic heterocycles. The summed E-state index contributed by atoms with van der Waals surface area (Å²) in [4.78, 5) is 11.9. The Morgan fingerprint density at radius 3 is 2.39 bits per heavy atom. The van der Waals surface area contributed by atoms with E-state index in [-0.39, 0.29) is 12.5 Å². The third kappa shape index (κ3) is 7.84. The van der Waals surface area contributed by atoms with Gasteiger partial charge in [0.25, 0.3) is 0 Å². The van der Waals surface area contributed by atoms with Gasteiger partial charge in [0.2, 0.25) is 0 Å². The first kappa shape index (κ1) is 25.7. The van der Waals surface area contributed by atoms with Crippen LogP contribution in [0.25, 0.3) is 11.1 Å². The van der Waals surface area contributed by atoms with E-state index in [2.05, 4.69) is 52.3 Å². The second kappa shape index (κ2) is 13.1. The van der Waals surface area contributed by atoms with Crippen LogP contribution in [0.5, 0.6) is 5.75 Å². The molecular weight excluding hydrogens is 483 g/mol. The van der Waals surface area contributed by atoms with Crippen LogP contribution in [0.3, 0.4) is 0 Å². The molecule has 0 aliphatic heterocycles. The van der Waals surface area contributed by atoms with Crippen LogP contribution in [0.1, 0.15) is 70.8 Å². The highest BCUT2D eigenvalue weighted by Crippen LogP contribution is 2.32. The van der Waals surface area contributed by atoms with E-state index in [1.165, 1.54) is 11.1 Å². The van der Waals surface area contributed by atoms with E-state index in [9.17, 15) is 9.18 Å². The normalized spacial score (nSPS) is 19.2. The predicted octanol–water partition coefficient (Wildman–Crippen LogP) is 8.08. The number of hydrogen-bond donors (Lipinski definition) is 0. The minimum Gasteiger partial charge on any atom is -0.493 e. The second-order valence-electron chi connectivity index (χ2n) is 9.00. The van der Waals surface area contributed by atoms with Crippen molar-refractivity contribution in [1.29, 1.82) is 0 Å². The van der Waals surface area contributed by atoms with E-state index in [0.29, 0.717) is 12.5 Å². The molecule has 1 saturated carbocycles. The van der Waals surface area contributed by atoms with Crippen molar-refractivity contribution < 1.29 is 18.7 Å². The fourth-order valence-corrected chi connectivity index (χ4v) is 4.96. The molecule has 1 aliphatic carbocycles. The minimum absolute atomic E-state index is 0.110. The van der Waals surface area contributed by atoms with Gasteiger partial charge in [-0.2, -0.15) is 0 Å². The SMILES string of the molecule is CCCC[C@H](F)C(=O)O[C@H]1CC[C@H](CCc2ccc(-c3ccc(OCC)c(Br)c3)cc2)CC1. The number of unbranched alkanes of at least 4 members (excludes halogenated alkanes) is 1. The Morgan fingerprint density at radius 2 is 1.76 bits per heavy atom. The standard InChI is InChI=1S/C28H36BrFO3/c1-3-5-6-26(30)28(31)33-24-16-11-21(12-17-24)8-7-20-9-13-22(14-10-20)23-15-18-27(32-4-2)25(29)19-23/h9-10,13-15,18-19,21,24,26H,3-8,11-12,16-17H2,1-2H3/t21-,24-,26-/m0/s1. The van der Waals surface area contributed by atoms with Gasteiger partial charge < -0.3 is 9.47 Å². The maximum Gasteiger partial charge on any atom is 0.340 e. The van der Waals surface area contributed by atoms with E-state index in [4.69, 9.17) is 9.47 Å². The monoisotopic (exact) mass is 518 g/mol. The quantitative estimate of drug-likeness (QED) is 0.282. The number of carbonyl (C=O) groups excluding carboxylic acids is 1. The summed E-state index contributed by atoms with van der Waals surface area (Å²) in [5.41, 5.74) is 3.69. The Balaban J connectivity index is 1.42. The van der Waals surface area contributed by atoms with Crippen molar-refractivity contribution in [2.45, 2.75) is 83.9 Å². The molecule has 33 heavy (non-hydrogen) atoms. The lowest BCUT2D eigenvalue weighted by atomic mass is 9.83. The van der Waals surface area contributed by atoms with Crippen LogP contribution >= 0.6 is 15.9 Å². The molecule has 1 atom stereocenters. The second-order valence-corrected chi connectivity index (χ2v) is 9.86. The van der Waals surface area contributed by atoms with Crippen LogP contribution in [0.4, 0.5) is 4.39 Å². The zero-order valence-electron chi connectivity index (χ0n) is 19.8. The number of rotatable bonds is 11. The van der Waals surface area contributed by atoms with Gasteiger partial charge in [-0.15, -0.1) is 0 Å². The molecule has 0 unspecified atom stereocenters. The maximum atomic E-state index is 13.8. The summed E-state index contributed by atoms with van der Waals surface area (Å²) >= 11 is 3.59. The van der Waals surface area contributed by atoms with Crippen LogP contribution in [-0.2, 0) is 16.0 Å². The molecule has 0 amide bonds. The molecule has 0 N–H and O–H groups in total. The third-order valence-corrected chi connectivity index (χ3v) is 7.12. The lowest BCUT2D eigenvalue weighted by molar-refractivity contribution is -0.157. The van der Waals surface area contributed by atoms with E-state index in [0.717, 1.165) is 67.2 Å². The van der Waals surface area contributed by atoms with Crippen molar-refractivity contribution in [2.24, 2.45) is 5.92 Å². The molecule has 0 heterocycles. The van der Waals surface area contributed by atoms with E-state index in [1.807, 2.05) is 19.9 Å². The molecule has 0 spiro atoms. The molecule has 0 radical (unpaired) electrons. The summed E-state index contributed by atoms with van der Waals surface area (Å²) in [6.45, 7) is 4.63. The third-order valence-electron chi connectivity index (χ3n) is 6.50. The molecule has 1 aliphatic rings. The first-order valence-electron chi connectivity index (χ1n) is 12.4. The van der Waals surface area contributed by atoms with Crippen LogP contribution in [0, 0.1) is 5.92 Å². The van der Waals surface area contributed by atoms with Crippen molar-refractivity contribution in [3.05, 3.63) is 52.5 Å². The van der Waals surface area contributed by atoms with Crippen molar-refractivity contribution in [2.75, 3.05) is 6.61 Å². The van der Waals surface area contributed by atoms with Crippen LogP contribution in [0.15, 0.2) is 46.9 Å². The number of hydrogen-bond acceptors (Lipinski definition) is 3. The van der Waals surface area contributed by atoms with Gasteiger partial charge in [-0.3, -0.25) is 0 Å². The highest BCUT2D eigenvalue weighted by molar-refractivity contribution is 9.10. The van der Waals surface area contributed by atoms with Crippen LogP contribution in [-0.4, -0.2) is 24.9 Å². The van der Waals surface area contributed by atoms with Crippen molar-refractivity contribution in [3.8, 4) is 16.9 Å². The predicted molar refractivity (Wildman–Crippen MR) is 135 cm³/mol. The summed E-state index contributed by atoms with van der Waals surface area (Å²) in [7, 11) is 0. The van der Waals surface area contributed by atoms with Crippen molar-refractivity contribution in [3.63, 3.8) is 0 Å². The highest BCUT2D eigenvalue weighted by atomic mass is 79.9. The van der Waals surface area contributed by atoms with Gasteiger partial charge in [-0.05, 0) is 103 Å². The first-order chi connectivity index (χ1) is 16.0. The number of aryl methyl sites for hydroxylation is 1. The molecule has 3 nitrogen and oxygen atoms in total. The van der Waals surface area contributed by atoms with Gasteiger partial charge in [0.05, 0.1) is 11.1 Å². The molecule has 2 aromatic carbocycles. The van der Waals surface area contributed by atoms with E-state index >= 15 is 0 Å². The summed E-state index contributed by atoms with van der Waals surface area (Å²) in [6.07, 6.45) is 6.29. The number of carbonyl (C=O) groups is 1. The summed E-state index contributed by atoms with van der Waals surface area (Å²) in [5, 5.41) is 0. The van der Waals surface area contributed by atoms with Gasteiger partial charge in [0.1, 0.15) is 11.9 Å². The maximum absolute atomic E-state index is 13.8. The zero-order valence-corrected chi connectivity index (χ0v) is 21.4. The van der Waals surface area contributed by atoms with Gasteiger partial charge >= 0.3 is 5.97 Å². The Bertz CT molecular complexity index is 875. The molecule has 2 aromatic rings. The van der Waals surface area contributed by atoms with E-state index in [1.54, 1.807) is 0 Å². The summed E-state index contributed by atoms with van der Waals surface area (Å²) in [6, 6.07) is 15.0. The van der Waals surface area contributed by atoms with Gasteiger partial charge in [-0.1, -0.05) is 50.1 Å². The minimum atomic E-state index is -1.46. The lowest BCUT2D eigenvalue weighted by Gasteiger charge is -2.28. The van der Waals surface area contributed by atoms with Crippen LogP contribution in [0.2, 0.25) is 0 Å². The lowest BCUT2D eigenvalue weighted by Crippen LogP contribution is -2.29. The van der Waals surface area contributed by atoms with Crippen LogP contribution < -0.4 is 4.74 Å². The Kier molecular flexibility index (Phi) is 10.2. The first-order valence-corrected chi connectivity index (χ1v) is 13.2. The largest absolute Gasteiger partial charge is 0.493 e. The molecule has 0 saturated heterocycles. The Labute approximate surface area is 206 Å². The Morgan fingerprint density at radius 1 is 1.06 bits per heavy atom. The average Bonchev–Trinajstić information content (AvgIpc) is 2.83. The smallest absolute Gasteiger partial charge is 0.340 e. The molecular formula is C28H36BrFO3. The summed E-state index contributed by atoms with van der Waals surface area (Å²) < 4.78 is 25.8. The number of ether oxygens (including phenoxy) is 2. The number of esters is 1.